The van der Waals surface area contributed by atoms with Crippen molar-refractivity contribution in [3.05, 3.63) is 53.6 Å². The molecule has 3 heterocycles. The molecule has 0 unspecified atom stereocenters. The summed E-state index contributed by atoms with van der Waals surface area (Å²) in [6.45, 7) is 0.134. The first kappa shape index (κ1) is 17.7. The third-order valence-electron chi connectivity index (χ3n) is 5.10. The van der Waals surface area contributed by atoms with Crippen LogP contribution >= 0.6 is 0 Å². The van der Waals surface area contributed by atoms with E-state index in [2.05, 4.69) is 25.4 Å². The van der Waals surface area contributed by atoms with Gasteiger partial charge in [0.15, 0.2) is 29.7 Å². The maximum Gasteiger partial charge on any atom is 0.219 e. The van der Waals surface area contributed by atoms with Gasteiger partial charge in [0.2, 0.25) is 5.88 Å². The van der Waals surface area contributed by atoms with Crippen molar-refractivity contribution in [2.75, 3.05) is 0 Å². The first-order valence-electron chi connectivity index (χ1n) is 9.28. The lowest BCUT2D eigenvalue weighted by Gasteiger charge is -2.26. The largest absolute Gasteiger partial charge is 0.469 e. The van der Waals surface area contributed by atoms with E-state index in [9.17, 15) is 8.78 Å². The van der Waals surface area contributed by atoms with Crippen molar-refractivity contribution >= 4 is 11.2 Å². The number of benzene rings is 1. The van der Waals surface area contributed by atoms with Gasteiger partial charge in [0.05, 0.1) is 0 Å². The van der Waals surface area contributed by atoms with Crippen molar-refractivity contribution in [2.45, 2.75) is 31.8 Å². The lowest BCUT2D eigenvalue weighted by atomic mass is 9.80. The molecule has 1 saturated carbocycles. The van der Waals surface area contributed by atoms with E-state index in [1.165, 1.54) is 18.2 Å². The van der Waals surface area contributed by atoms with Gasteiger partial charge in [-0.2, -0.15) is 14.8 Å². The fraction of sp³-hybridized carbons (Fsp3) is 0.316. The molecular formula is C19H17F2N7O. The highest BCUT2D eigenvalue weighted by Gasteiger charge is 2.27. The van der Waals surface area contributed by atoms with E-state index in [1.54, 1.807) is 18.1 Å². The van der Waals surface area contributed by atoms with Gasteiger partial charge in [-0.1, -0.05) is 17.7 Å². The molecule has 0 N–H and O–H groups in total. The normalized spacial score (nSPS) is 14.3. The van der Waals surface area contributed by atoms with Crippen LogP contribution in [-0.2, 0) is 13.7 Å². The Balaban J connectivity index is 1.59. The van der Waals surface area contributed by atoms with Crippen LogP contribution < -0.4 is 4.74 Å². The summed E-state index contributed by atoms with van der Waals surface area (Å²) in [5.41, 5.74) is 1.27. The lowest BCUT2D eigenvalue weighted by molar-refractivity contribution is 0.273. The van der Waals surface area contributed by atoms with Gasteiger partial charge < -0.3 is 4.74 Å². The molecule has 148 valence electrons. The highest BCUT2D eigenvalue weighted by molar-refractivity contribution is 5.74. The molecule has 5 rings (SSSR count). The SMILES string of the molecule is Cn1cnc(COc2nc3c(cc2C2CCC2)nnn3-c2c(F)cccc2F)n1. The first-order valence-corrected chi connectivity index (χ1v) is 9.28. The first-order chi connectivity index (χ1) is 14.1. The van der Waals surface area contributed by atoms with Crippen LogP contribution in [0.2, 0.25) is 0 Å². The number of ether oxygens (including phenoxy) is 1. The molecule has 1 fully saturated rings. The smallest absolute Gasteiger partial charge is 0.219 e. The molecule has 8 nitrogen and oxygen atoms in total. The molecule has 1 aliphatic rings. The topological polar surface area (TPSA) is 83.5 Å². The number of fused-ring (bicyclic) bond motifs is 1. The monoisotopic (exact) mass is 397 g/mol. The fourth-order valence-electron chi connectivity index (χ4n) is 3.41. The standard InChI is InChI=1S/C19H17F2N7O/c1-27-10-22-16(25-27)9-29-19-12(11-4-2-5-11)8-15-18(23-19)28(26-24-15)17-13(20)6-3-7-14(17)21/h3,6-8,10-11H,2,4-5,9H2,1H3. The number of rotatable bonds is 5. The van der Waals surface area contributed by atoms with E-state index < -0.39 is 11.6 Å². The Morgan fingerprint density at radius 1 is 1.21 bits per heavy atom. The number of hydrogen-bond donors (Lipinski definition) is 0. The van der Waals surface area contributed by atoms with Gasteiger partial charge in [-0.15, -0.1) is 5.10 Å². The van der Waals surface area contributed by atoms with Gasteiger partial charge in [0.25, 0.3) is 0 Å². The van der Waals surface area contributed by atoms with Crippen molar-refractivity contribution in [2.24, 2.45) is 7.05 Å². The van der Waals surface area contributed by atoms with Crippen LogP contribution in [0.1, 0.15) is 36.6 Å². The summed E-state index contributed by atoms with van der Waals surface area (Å²) in [5, 5.41) is 12.2. The zero-order valence-corrected chi connectivity index (χ0v) is 15.6. The second-order valence-electron chi connectivity index (χ2n) is 7.05. The Labute approximate surface area is 164 Å². The number of aromatic nitrogens is 7. The van der Waals surface area contributed by atoms with Crippen LogP contribution in [0.15, 0.2) is 30.6 Å². The summed E-state index contributed by atoms with van der Waals surface area (Å²) < 4.78 is 37.1. The van der Waals surface area contributed by atoms with Crippen molar-refractivity contribution in [1.82, 2.24) is 34.7 Å². The molecular weight excluding hydrogens is 380 g/mol. The van der Waals surface area contributed by atoms with Crippen molar-refractivity contribution in [3.8, 4) is 11.6 Å². The Morgan fingerprint density at radius 3 is 2.66 bits per heavy atom. The predicted molar refractivity (Wildman–Crippen MR) is 98.5 cm³/mol. The summed E-state index contributed by atoms with van der Waals surface area (Å²) in [4.78, 5) is 8.69. The molecule has 0 bridgehead atoms. The molecule has 29 heavy (non-hydrogen) atoms. The number of hydrogen-bond acceptors (Lipinski definition) is 6. The maximum absolute atomic E-state index is 14.3. The van der Waals surface area contributed by atoms with Crippen molar-refractivity contribution in [1.29, 1.82) is 0 Å². The molecule has 4 aromatic rings. The van der Waals surface area contributed by atoms with Gasteiger partial charge >= 0.3 is 0 Å². The number of halogens is 2. The molecule has 0 spiro atoms. The Hall–Kier alpha value is -3.43. The van der Waals surface area contributed by atoms with Gasteiger partial charge in [-0.05, 0) is 37.0 Å². The molecule has 1 aliphatic carbocycles. The van der Waals surface area contributed by atoms with Crippen LogP contribution in [0.5, 0.6) is 5.88 Å². The summed E-state index contributed by atoms with van der Waals surface area (Å²) in [5.74, 6) is -0.284. The van der Waals surface area contributed by atoms with Crippen LogP contribution in [-0.4, -0.2) is 34.7 Å². The number of aryl methyl sites for hydroxylation is 1. The highest BCUT2D eigenvalue weighted by atomic mass is 19.1. The second kappa shape index (κ2) is 6.87. The molecule has 0 radical (unpaired) electrons. The molecule has 0 saturated heterocycles. The van der Waals surface area contributed by atoms with E-state index in [1.807, 2.05) is 6.07 Å². The average molecular weight is 397 g/mol. The van der Waals surface area contributed by atoms with E-state index in [0.717, 1.165) is 29.5 Å². The number of pyridine rings is 1. The quantitative estimate of drug-likeness (QED) is 0.515. The van der Waals surface area contributed by atoms with Gasteiger partial charge in [-0.25, -0.2) is 13.8 Å². The third-order valence-corrected chi connectivity index (χ3v) is 5.10. The van der Waals surface area contributed by atoms with E-state index in [0.29, 0.717) is 23.1 Å². The van der Waals surface area contributed by atoms with Crippen molar-refractivity contribution in [3.63, 3.8) is 0 Å². The minimum Gasteiger partial charge on any atom is -0.469 e. The van der Waals surface area contributed by atoms with Gasteiger partial charge in [-0.3, -0.25) is 4.68 Å². The number of nitrogens with zero attached hydrogens (tertiary/aromatic N) is 7. The zero-order chi connectivity index (χ0) is 20.0. The Bertz CT molecular complexity index is 1180. The van der Waals surface area contributed by atoms with Crippen LogP contribution in [0.3, 0.4) is 0 Å². The molecule has 10 heteroatoms. The summed E-state index contributed by atoms with van der Waals surface area (Å²) in [6, 6.07) is 5.47. The molecule has 3 aromatic heterocycles. The third kappa shape index (κ3) is 3.10. The molecule has 0 amide bonds. The van der Waals surface area contributed by atoms with E-state index >= 15 is 0 Å². The van der Waals surface area contributed by atoms with E-state index in [-0.39, 0.29) is 17.9 Å². The minimum atomic E-state index is -0.748. The maximum atomic E-state index is 14.3. The van der Waals surface area contributed by atoms with Crippen LogP contribution in [0.4, 0.5) is 8.78 Å². The molecule has 0 atom stereocenters. The van der Waals surface area contributed by atoms with Gasteiger partial charge in [0, 0.05) is 12.6 Å². The van der Waals surface area contributed by atoms with E-state index in [4.69, 9.17) is 4.74 Å². The summed E-state index contributed by atoms with van der Waals surface area (Å²) in [7, 11) is 1.77. The lowest BCUT2D eigenvalue weighted by Crippen LogP contribution is -2.13. The van der Waals surface area contributed by atoms with Crippen molar-refractivity contribution < 1.29 is 13.5 Å². The highest BCUT2D eigenvalue weighted by Crippen LogP contribution is 2.41. The molecule has 0 aliphatic heterocycles. The zero-order valence-electron chi connectivity index (χ0n) is 15.6. The Morgan fingerprint density at radius 2 is 2.00 bits per heavy atom. The molecule has 1 aromatic carbocycles. The average Bonchev–Trinajstić information content (AvgIpc) is 3.24. The minimum absolute atomic E-state index is 0.134. The fourth-order valence-corrected chi connectivity index (χ4v) is 3.41. The van der Waals surface area contributed by atoms with Crippen LogP contribution in [0, 0.1) is 11.6 Å². The summed E-state index contributed by atoms with van der Waals surface area (Å²) in [6.07, 6.45) is 4.78. The predicted octanol–water partition coefficient (Wildman–Crippen LogP) is 3.07. The summed E-state index contributed by atoms with van der Waals surface area (Å²) >= 11 is 0. The van der Waals surface area contributed by atoms with Crippen LogP contribution in [0.25, 0.3) is 16.9 Å². The second-order valence-corrected chi connectivity index (χ2v) is 7.05. The number of para-hydroxylation sites is 1. The van der Waals surface area contributed by atoms with Gasteiger partial charge in [0.1, 0.15) is 17.5 Å². The Kier molecular flexibility index (Phi) is 4.18.